The largest absolute Gasteiger partial charge is 0.326 e. The van der Waals surface area contributed by atoms with Gasteiger partial charge in [-0.25, -0.2) is 4.98 Å². The quantitative estimate of drug-likeness (QED) is 0.774. The Labute approximate surface area is 128 Å². The molecular weight excluding hydrogens is 278 g/mol. The van der Waals surface area contributed by atoms with E-state index in [9.17, 15) is 0 Å². The molecule has 0 amide bonds. The Hall–Kier alpha value is -1.78. The van der Waals surface area contributed by atoms with Gasteiger partial charge in [0.15, 0.2) is 0 Å². The summed E-state index contributed by atoms with van der Waals surface area (Å²) in [7, 11) is 0. The van der Waals surface area contributed by atoms with Crippen LogP contribution in [0, 0.1) is 0 Å². The number of nitrogens with zero attached hydrogens (tertiary/aromatic N) is 2. The number of hydrogen-bond donors (Lipinski definition) is 1. The summed E-state index contributed by atoms with van der Waals surface area (Å²) in [6.45, 7) is 7.07. The molecule has 4 heteroatoms. The molecule has 0 bridgehead atoms. The number of thiazole rings is 1. The zero-order valence-corrected chi connectivity index (χ0v) is 13.4. The van der Waals surface area contributed by atoms with Crippen molar-refractivity contribution >= 4 is 22.2 Å². The lowest BCUT2D eigenvalue weighted by Gasteiger charge is -2.16. The van der Waals surface area contributed by atoms with Crippen LogP contribution in [0.4, 0.5) is 0 Å². The van der Waals surface area contributed by atoms with Crippen molar-refractivity contribution < 1.29 is 0 Å². The van der Waals surface area contributed by atoms with Gasteiger partial charge in [-0.2, -0.15) is 0 Å². The van der Waals surface area contributed by atoms with Gasteiger partial charge in [-0.3, -0.25) is 4.98 Å². The molecule has 2 aromatic heterocycles. The van der Waals surface area contributed by atoms with Crippen LogP contribution in [0.25, 0.3) is 21.5 Å². The molecule has 3 rings (SSSR count). The van der Waals surface area contributed by atoms with Crippen LogP contribution in [0.3, 0.4) is 0 Å². The zero-order chi connectivity index (χ0) is 15.0. The summed E-state index contributed by atoms with van der Waals surface area (Å²) in [5.41, 5.74) is 9.15. The summed E-state index contributed by atoms with van der Waals surface area (Å²) in [4.78, 5) is 10.4. The van der Waals surface area contributed by atoms with Crippen molar-refractivity contribution in [2.45, 2.75) is 32.7 Å². The van der Waals surface area contributed by atoms with Gasteiger partial charge in [0.1, 0.15) is 5.01 Å². The number of rotatable bonds is 2. The second-order valence-electron chi connectivity index (χ2n) is 6.16. The van der Waals surface area contributed by atoms with Crippen molar-refractivity contribution in [3.8, 4) is 10.6 Å². The number of hydrogen-bond acceptors (Lipinski definition) is 4. The molecule has 2 N–H and O–H groups in total. The second-order valence-corrected chi connectivity index (χ2v) is 7.24. The minimum absolute atomic E-state index is 0.0157. The highest BCUT2D eigenvalue weighted by atomic mass is 32.1. The summed E-state index contributed by atoms with van der Waals surface area (Å²) in [5, 5.41) is 2.17. The molecule has 3 nitrogen and oxygen atoms in total. The lowest BCUT2D eigenvalue weighted by molar-refractivity contribution is 0.567. The normalized spacial score (nSPS) is 12.0. The molecule has 21 heavy (non-hydrogen) atoms. The average Bonchev–Trinajstić information content (AvgIpc) is 2.91. The van der Waals surface area contributed by atoms with Gasteiger partial charge in [-0.05, 0) is 24.3 Å². The number of fused-ring (bicyclic) bond motifs is 1. The van der Waals surface area contributed by atoms with E-state index < -0.39 is 0 Å². The van der Waals surface area contributed by atoms with Crippen LogP contribution >= 0.6 is 11.3 Å². The van der Waals surface area contributed by atoms with Crippen LogP contribution < -0.4 is 5.73 Å². The van der Waals surface area contributed by atoms with Crippen molar-refractivity contribution in [3.05, 3.63) is 47.1 Å². The van der Waals surface area contributed by atoms with Crippen molar-refractivity contribution in [3.63, 3.8) is 0 Å². The third kappa shape index (κ3) is 2.69. The predicted molar refractivity (Wildman–Crippen MR) is 89.4 cm³/mol. The van der Waals surface area contributed by atoms with Crippen LogP contribution in [0.15, 0.2) is 36.5 Å². The van der Waals surface area contributed by atoms with Gasteiger partial charge in [-0.15, -0.1) is 11.3 Å². The van der Waals surface area contributed by atoms with Gasteiger partial charge in [0, 0.05) is 34.0 Å². The van der Waals surface area contributed by atoms with Crippen LogP contribution in [-0.2, 0) is 12.0 Å². The predicted octanol–water partition coefficient (Wildman–Crippen LogP) is 4.11. The fraction of sp³-hybridized carbons (Fsp3) is 0.294. The molecule has 108 valence electrons. The molecule has 0 aliphatic rings. The van der Waals surface area contributed by atoms with Crippen LogP contribution in [0.5, 0.6) is 0 Å². The van der Waals surface area contributed by atoms with E-state index in [0.29, 0.717) is 6.54 Å². The molecule has 2 heterocycles. The Kier molecular flexibility index (Phi) is 3.51. The van der Waals surface area contributed by atoms with Crippen molar-refractivity contribution in [2.24, 2.45) is 5.73 Å². The molecule has 0 aliphatic carbocycles. The van der Waals surface area contributed by atoms with E-state index in [4.69, 9.17) is 10.7 Å². The van der Waals surface area contributed by atoms with Gasteiger partial charge in [0.2, 0.25) is 0 Å². The maximum atomic E-state index is 5.89. The highest BCUT2D eigenvalue weighted by molar-refractivity contribution is 7.15. The van der Waals surface area contributed by atoms with E-state index in [-0.39, 0.29) is 5.41 Å². The summed E-state index contributed by atoms with van der Waals surface area (Å²) in [6, 6.07) is 10.3. The van der Waals surface area contributed by atoms with Gasteiger partial charge in [0.25, 0.3) is 0 Å². The van der Waals surface area contributed by atoms with E-state index in [0.717, 1.165) is 27.2 Å². The smallest absolute Gasteiger partial charge is 0.123 e. The molecule has 3 aromatic rings. The molecular formula is C17H19N3S. The minimum atomic E-state index is 0.0157. The van der Waals surface area contributed by atoms with E-state index in [2.05, 4.69) is 44.0 Å². The van der Waals surface area contributed by atoms with Crippen LogP contribution in [-0.4, -0.2) is 9.97 Å². The molecule has 0 unspecified atom stereocenters. The molecule has 0 spiro atoms. The zero-order valence-electron chi connectivity index (χ0n) is 12.6. The highest BCUT2D eigenvalue weighted by Crippen LogP contribution is 2.35. The van der Waals surface area contributed by atoms with E-state index in [1.807, 2.05) is 18.3 Å². The summed E-state index contributed by atoms with van der Waals surface area (Å²) in [5.74, 6) is 0. The van der Waals surface area contributed by atoms with Crippen LogP contribution in [0.1, 0.15) is 31.3 Å². The average molecular weight is 297 g/mol. The van der Waals surface area contributed by atoms with Gasteiger partial charge < -0.3 is 5.73 Å². The van der Waals surface area contributed by atoms with Crippen molar-refractivity contribution in [1.29, 1.82) is 0 Å². The topological polar surface area (TPSA) is 51.8 Å². The number of pyridine rings is 1. The number of nitrogens with two attached hydrogens (primary N) is 1. The Morgan fingerprint density at radius 1 is 1.19 bits per heavy atom. The molecule has 1 aromatic carbocycles. The first-order valence-electron chi connectivity index (χ1n) is 7.04. The lowest BCUT2D eigenvalue weighted by atomic mass is 9.91. The Morgan fingerprint density at radius 3 is 2.67 bits per heavy atom. The van der Waals surface area contributed by atoms with E-state index in [1.54, 1.807) is 11.3 Å². The summed E-state index contributed by atoms with van der Waals surface area (Å²) >= 11 is 1.69. The SMILES string of the molecule is CC(C)(C)c1nc(-c2ccc3ncccc3c2)sc1CN. The first-order valence-corrected chi connectivity index (χ1v) is 7.86. The maximum Gasteiger partial charge on any atom is 0.123 e. The number of benzene rings is 1. The Morgan fingerprint density at radius 2 is 2.00 bits per heavy atom. The monoisotopic (exact) mass is 297 g/mol. The third-order valence-corrected chi connectivity index (χ3v) is 4.57. The van der Waals surface area contributed by atoms with Gasteiger partial charge in [0.05, 0.1) is 11.2 Å². The molecule has 0 aliphatic heterocycles. The molecule has 0 fully saturated rings. The molecule has 0 radical (unpaired) electrons. The van der Waals surface area contributed by atoms with Crippen molar-refractivity contribution in [2.75, 3.05) is 0 Å². The van der Waals surface area contributed by atoms with E-state index >= 15 is 0 Å². The molecule has 0 saturated heterocycles. The standard InChI is InChI=1S/C17H19N3S/c1-17(2,3)15-14(10-18)21-16(20-15)12-6-7-13-11(9-12)5-4-8-19-13/h4-9H,10,18H2,1-3H3. The van der Waals surface area contributed by atoms with Gasteiger partial charge in [-0.1, -0.05) is 26.8 Å². The van der Waals surface area contributed by atoms with Crippen molar-refractivity contribution in [1.82, 2.24) is 9.97 Å². The Balaban J connectivity index is 2.12. The highest BCUT2D eigenvalue weighted by Gasteiger charge is 2.23. The first kappa shape index (κ1) is 14.2. The van der Waals surface area contributed by atoms with Crippen LogP contribution in [0.2, 0.25) is 0 Å². The lowest BCUT2D eigenvalue weighted by Crippen LogP contribution is -2.15. The fourth-order valence-corrected chi connectivity index (χ4v) is 3.56. The summed E-state index contributed by atoms with van der Waals surface area (Å²) in [6.07, 6.45) is 1.82. The van der Waals surface area contributed by atoms with Gasteiger partial charge >= 0.3 is 0 Å². The molecule has 0 saturated carbocycles. The Bertz CT molecular complexity index is 784. The minimum Gasteiger partial charge on any atom is -0.326 e. The summed E-state index contributed by atoms with van der Waals surface area (Å²) < 4.78 is 0. The first-order chi connectivity index (χ1) is 9.99. The fourth-order valence-electron chi connectivity index (χ4n) is 2.41. The third-order valence-electron chi connectivity index (χ3n) is 3.44. The second kappa shape index (κ2) is 5.20. The molecule has 0 atom stereocenters. The number of aromatic nitrogens is 2. The maximum absolute atomic E-state index is 5.89. The van der Waals surface area contributed by atoms with E-state index in [1.165, 1.54) is 4.88 Å².